The average Bonchev–Trinajstić information content (AvgIpc) is 2.39. The Morgan fingerprint density at radius 2 is 2.12 bits per heavy atom. The number of pyridine rings is 1. The number of anilines is 1. The molecule has 0 unspecified atom stereocenters. The fourth-order valence-electron chi connectivity index (χ4n) is 1.63. The van der Waals surface area contributed by atoms with Gasteiger partial charge in [0.05, 0.1) is 18.9 Å². The monoisotopic (exact) mass is 258 g/mol. The minimum Gasteiger partial charge on any atom is -0.379 e. The van der Waals surface area contributed by atoms with E-state index in [1.807, 2.05) is 0 Å². The number of rotatable bonds is 3. The topological polar surface area (TPSA) is 97.5 Å². The number of hydrazine groups is 1. The summed E-state index contributed by atoms with van der Waals surface area (Å²) in [5, 5.41) is 0. The predicted molar refractivity (Wildman–Crippen MR) is 61.6 cm³/mol. The van der Waals surface area contributed by atoms with Crippen molar-refractivity contribution >= 4 is 15.7 Å². The standard InChI is InChI=1S/C9H14N4O3S/c10-12-8-1-2-11-7-9(8)17(14,15)13-3-5-16-6-4-13/h1-2,7H,3-6,10H2,(H,11,12). The molecule has 0 amide bonds. The van der Waals surface area contributed by atoms with Gasteiger partial charge in [0.2, 0.25) is 10.0 Å². The van der Waals surface area contributed by atoms with Gasteiger partial charge in [-0.3, -0.25) is 10.8 Å². The highest BCUT2D eigenvalue weighted by molar-refractivity contribution is 7.89. The Bertz CT molecular complexity index is 485. The molecule has 17 heavy (non-hydrogen) atoms. The highest BCUT2D eigenvalue weighted by Crippen LogP contribution is 2.23. The largest absolute Gasteiger partial charge is 0.379 e. The molecule has 0 saturated carbocycles. The summed E-state index contributed by atoms with van der Waals surface area (Å²) in [6, 6.07) is 1.52. The Morgan fingerprint density at radius 1 is 1.41 bits per heavy atom. The third-order valence-electron chi connectivity index (χ3n) is 2.53. The van der Waals surface area contributed by atoms with Crippen molar-refractivity contribution in [1.82, 2.24) is 9.29 Å². The van der Waals surface area contributed by atoms with Crippen LogP contribution in [0.5, 0.6) is 0 Å². The Kier molecular flexibility index (Phi) is 3.57. The number of hydrogen-bond acceptors (Lipinski definition) is 6. The van der Waals surface area contributed by atoms with Crippen molar-refractivity contribution in [3.05, 3.63) is 18.5 Å². The molecule has 0 atom stereocenters. The van der Waals surface area contributed by atoms with Gasteiger partial charge in [0.1, 0.15) is 4.90 Å². The van der Waals surface area contributed by atoms with Crippen molar-refractivity contribution in [2.45, 2.75) is 4.90 Å². The summed E-state index contributed by atoms with van der Waals surface area (Å²) in [6.45, 7) is 1.51. The summed E-state index contributed by atoms with van der Waals surface area (Å²) in [5.41, 5.74) is 2.70. The number of sulfonamides is 1. The number of nitrogen functional groups attached to an aromatic ring is 1. The van der Waals surface area contributed by atoms with Crippen molar-refractivity contribution in [3.63, 3.8) is 0 Å². The molecule has 1 saturated heterocycles. The summed E-state index contributed by atoms with van der Waals surface area (Å²) in [6.07, 6.45) is 2.77. The molecule has 1 fully saturated rings. The number of ether oxygens (including phenoxy) is 1. The van der Waals surface area contributed by atoms with Crippen LogP contribution in [0.15, 0.2) is 23.4 Å². The smallest absolute Gasteiger partial charge is 0.246 e. The van der Waals surface area contributed by atoms with Gasteiger partial charge < -0.3 is 10.2 Å². The van der Waals surface area contributed by atoms with Gasteiger partial charge in [0.15, 0.2) is 0 Å². The van der Waals surface area contributed by atoms with Gasteiger partial charge in [-0.15, -0.1) is 0 Å². The Hall–Kier alpha value is -1.22. The zero-order valence-electron chi connectivity index (χ0n) is 9.17. The van der Waals surface area contributed by atoms with Gasteiger partial charge >= 0.3 is 0 Å². The molecule has 2 heterocycles. The van der Waals surface area contributed by atoms with Crippen molar-refractivity contribution in [1.29, 1.82) is 0 Å². The zero-order valence-corrected chi connectivity index (χ0v) is 9.98. The van der Waals surface area contributed by atoms with E-state index in [4.69, 9.17) is 10.6 Å². The van der Waals surface area contributed by atoms with E-state index in [1.165, 1.54) is 22.8 Å². The van der Waals surface area contributed by atoms with E-state index in [9.17, 15) is 8.42 Å². The average molecular weight is 258 g/mol. The van der Waals surface area contributed by atoms with E-state index >= 15 is 0 Å². The van der Waals surface area contributed by atoms with Crippen LogP contribution in [-0.2, 0) is 14.8 Å². The van der Waals surface area contributed by atoms with Gasteiger partial charge in [0.25, 0.3) is 0 Å². The SMILES string of the molecule is NNc1ccncc1S(=O)(=O)N1CCOCC1. The summed E-state index contributed by atoms with van der Waals surface area (Å²) in [7, 11) is -3.56. The minimum atomic E-state index is -3.56. The van der Waals surface area contributed by atoms with Gasteiger partial charge in [-0.2, -0.15) is 4.31 Å². The fraction of sp³-hybridized carbons (Fsp3) is 0.444. The molecular formula is C9H14N4O3S. The fourth-order valence-corrected chi connectivity index (χ4v) is 3.14. The first kappa shape index (κ1) is 12.2. The molecule has 8 heteroatoms. The molecule has 1 aliphatic heterocycles. The molecule has 0 aromatic carbocycles. The van der Waals surface area contributed by atoms with Crippen LogP contribution in [0.25, 0.3) is 0 Å². The molecule has 0 aliphatic carbocycles. The van der Waals surface area contributed by atoms with Crippen LogP contribution in [0.3, 0.4) is 0 Å². The molecular weight excluding hydrogens is 244 g/mol. The van der Waals surface area contributed by atoms with Crippen molar-refractivity contribution in [2.24, 2.45) is 5.84 Å². The highest BCUT2D eigenvalue weighted by atomic mass is 32.2. The predicted octanol–water partition coefficient (Wildman–Crippen LogP) is -0.612. The summed E-state index contributed by atoms with van der Waals surface area (Å²) >= 11 is 0. The van der Waals surface area contributed by atoms with Crippen LogP contribution in [0.1, 0.15) is 0 Å². The maximum absolute atomic E-state index is 12.3. The molecule has 94 valence electrons. The number of hydrogen-bond donors (Lipinski definition) is 2. The summed E-state index contributed by atoms with van der Waals surface area (Å²) in [4.78, 5) is 3.91. The van der Waals surface area contributed by atoms with Crippen molar-refractivity contribution in [3.8, 4) is 0 Å². The number of nitrogens with zero attached hydrogens (tertiary/aromatic N) is 2. The lowest BCUT2D eigenvalue weighted by Gasteiger charge is -2.26. The molecule has 0 spiro atoms. The van der Waals surface area contributed by atoms with E-state index in [-0.39, 0.29) is 4.90 Å². The normalized spacial score (nSPS) is 17.9. The molecule has 0 bridgehead atoms. The number of morpholine rings is 1. The van der Waals surface area contributed by atoms with Crippen LogP contribution in [0, 0.1) is 0 Å². The van der Waals surface area contributed by atoms with Crippen molar-refractivity contribution in [2.75, 3.05) is 31.7 Å². The maximum Gasteiger partial charge on any atom is 0.246 e. The Morgan fingerprint density at radius 3 is 2.76 bits per heavy atom. The molecule has 1 aromatic heterocycles. The molecule has 2 rings (SSSR count). The third-order valence-corrected chi connectivity index (χ3v) is 4.45. The van der Waals surface area contributed by atoms with Gasteiger partial charge in [-0.25, -0.2) is 8.42 Å². The molecule has 0 radical (unpaired) electrons. The first-order valence-electron chi connectivity index (χ1n) is 5.15. The first-order valence-corrected chi connectivity index (χ1v) is 6.59. The molecule has 1 aliphatic rings. The van der Waals surface area contributed by atoms with Crippen LogP contribution >= 0.6 is 0 Å². The summed E-state index contributed by atoms with van der Waals surface area (Å²) < 4.78 is 31.1. The molecule has 7 nitrogen and oxygen atoms in total. The second-order valence-corrected chi connectivity index (χ2v) is 5.44. The number of nitrogens with two attached hydrogens (primary N) is 1. The van der Waals surface area contributed by atoms with Crippen LogP contribution < -0.4 is 11.3 Å². The molecule has 1 aromatic rings. The second-order valence-electron chi connectivity index (χ2n) is 3.53. The lowest BCUT2D eigenvalue weighted by atomic mass is 10.4. The number of nitrogens with one attached hydrogen (secondary N) is 1. The lowest BCUT2D eigenvalue weighted by molar-refractivity contribution is 0.0730. The number of aromatic nitrogens is 1. The Labute approximate surface area is 99.6 Å². The van der Waals surface area contributed by atoms with Crippen LogP contribution in [-0.4, -0.2) is 44.0 Å². The minimum absolute atomic E-state index is 0.0874. The molecule has 3 N–H and O–H groups in total. The van der Waals surface area contributed by atoms with Crippen LogP contribution in [0.4, 0.5) is 5.69 Å². The van der Waals surface area contributed by atoms with E-state index in [2.05, 4.69) is 10.4 Å². The summed E-state index contributed by atoms with van der Waals surface area (Å²) in [5.74, 6) is 5.29. The van der Waals surface area contributed by atoms with Crippen molar-refractivity contribution < 1.29 is 13.2 Å². The third kappa shape index (κ3) is 2.39. The van der Waals surface area contributed by atoms with E-state index < -0.39 is 10.0 Å². The van der Waals surface area contributed by atoms with Crippen LogP contribution in [0.2, 0.25) is 0 Å². The maximum atomic E-state index is 12.3. The van der Waals surface area contributed by atoms with E-state index in [0.717, 1.165) is 0 Å². The van der Waals surface area contributed by atoms with E-state index in [1.54, 1.807) is 0 Å². The van der Waals surface area contributed by atoms with E-state index in [0.29, 0.717) is 32.0 Å². The second kappa shape index (κ2) is 4.96. The van der Waals surface area contributed by atoms with Gasteiger partial charge in [-0.05, 0) is 6.07 Å². The zero-order chi connectivity index (χ0) is 12.3. The highest BCUT2D eigenvalue weighted by Gasteiger charge is 2.28. The van der Waals surface area contributed by atoms with Gasteiger partial charge in [-0.1, -0.05) is 0 Å². The lowest BCUT2D eigenvalue weighted by Crippen LogP contribution is -2.41. The first-order chi connectivity index (χ1) is 8.16. The Balaban J connectivity index is 2.36. The van der Waals surface area contributed by atoms with Gasteiger partial charge in [0, 0.05) is 25.5 Å². The quantitative estimate of drug-likeness (QED) is 0.554.